The van der Waals surface area contributed by atoms with Crippen molar-refractivity contribution in [2.24, 2.45) is 0 Å². The summed E-state index contributed by atoms with van der Waals surface area (Å²) in [5, 5.41) is 11.0. The smallest absolute Gasteiger partial charge is 0.296 e. The standard InChI is InChI=1S/C24H20FNO5/c1-14-11-16(8-9-19(14)25)22(27)20-21(15-5-3-6-17(12-15)30-2)26(24(29)23(20)28)13-18-7-4-10-31-18/h3-12,21,27H,13H2,1-2H3/b22-20-. The summed E-state index contributed by atoms with van der Waals surface area (Å²) in [7, 11) is 1.51. The molecule has 0 aliphatic carbocycles. The van der Waals surface area contributed by atoms with Gasteiger partial charge < -0.3 is 19.2 Å². The molecule has 0 spiro atoms. The third-order valence-electron chi connectivity index (χ3n) is 5.29. The van der Waals surface area contributed by atoms with Crippen molar-refractivity contribution in [2.75, 3.05) is 7.11 Å². The molecule has 1 aromatic heterocycles. The lowest BCUT2D eigenvalue weighted by molar-refractivity contribution is -0.140. The van der Waals surface area contributed by atoms with Gasteiger partial charge in [0.1, 0.15) is 23.1 Å². The van der Waals surface area contributed by atoms with Crippen LogP contribution in [0.4, 0.5) is 4.39 Å². The minimum Gasteiger partial charge on any atom is -0.507 e. The van der Waals surface area contributed by atoms with Gasteiger partial charge in [-0.15, -0.1) is 0 Å². The largest absolute Gasteiger partial charge is 0.507 e. The number of aliphatic hydroxyl groups is 1. The van der Waals surface area contributed by atoms with Crippen LogP contribution in [0.1, 0.15) is 28.5 Å². The van der Waals surface area contributed by atoms with Crippen LogP contribution in [0, 0.1) is 12.7 Å². The van der Waals surface area contributed by atoms with Crippen molar-refractivity contribution in [3.8, 4) is 5.75 Å². The Hall–Kier alpha value is -3.87. The number of aryl methyl sites for hydroxylation is 1. The topological polar surface area (TPSA) is 80.0 Å². The van der Waals surface area contributed by atoms with Crippen LogP contribution in [-0.4, -0.2) is 28.8 Å². The van der Waals surface area contributed by atoms with Crippen LogP contribution >= 0.6 is 0 Å². The maximum Gasteiger partial charge on any atom is 0.296 e. The predicted octanol–water partition coefficient (Wildman–Crippen LogP) is 4.36. The van der Waals surface area contributed by atoms with Crippen molar-refractivity contribution in [3.05, 3.63) is 94.7 Å². The number of ether oxygens (including phenoxy) is 1. The molecule has 31 heavy (non-hydrogen) atoms. The second-order valence-electron chi connectivity index (χ2n) is 7.25. The summed E-state index contributed by atoms with van der Waals surface area (Å²) in [5.41, 5.74) is 1.08. The van der Waals surface area contributed by atoms with Gasteiger partial charge in [-0.25, -0.2) is 4.39 Å². The number of Topliss-reactive ketones (excluding diaryl/α,β-unsaturated/α-hetero) is 1. The SMILES string of the molecule is COc1cccc(C2/C(=C(/O)c3ccc(F)c(C)c3)C(=O)C(=O)N2Cc2ccco2)c1. The second kappa shape index (κ2) is 8.10. The molecule has 1 atom stereocenters. The number of aliphatic hydroxyl groups excluding tert-OH is 1. The number of amides is 1. The third kappa shape index (κ3) is 3.70. The van der Waals surface area contributed by atoms with Crippen molar-refractivity contribution < 1.29 is 28.2 Å². The van der Waals surface area contributed by atoms with Gasteiger partial charge in [-0.3, -0.25) is 9.59 Å². The zero-order valence-corrected chi connectivity index (χ0v) is 17.0. The molecule has 6 nitrogen and oxygen atoms in total. The van der Waals surface area contributed by atoms with Crippen LogP contribution < -0.4 is 4.74 Å². The van der Waals surface area contributed by atoms with E-state index in [1.54, 1.807) is 43.3 Å². The maximum atomic E-state index is 13.7. The van der Waals surface area contributed by atoms with Crippen LogP contribution in [-0.2, 0) is 16.1 Å². The molecule has 1 unspecified atom stereocenters. The van der Waals surface area contributed by atoms with E-state index in [4.69, 9.17) is 9.15 Å². The lowest BCUT2D eigenvalue weighted by Crippen LogP contribution is -2.29. The molecule has 158 valence electrons. The Morgan fingerprint density at radius 3 is 2.65 bits per heavy atom. The summed E-state index contributed by atoms with van der Waals surface area (Å²) >= 11 is 0. The Bertz CT molecular complexity index is 1180. The lowest BCUT2D eigenvalue weighted by Gasteiger charge is -2.24. The normalized spacial score (nSPS) is 17.9. The van der Waals surface area contributed by atoms with Gasteiger partial charge in [-0.05, 0) is 60.5 Å². The maximum absolute atomic E-state index is 13.7. The summed E-state index contributed by atoms with van der Waals surface area (Å²) in [4.78, 5) is 27.3. The number of methoxy groups -OCH3 is 1. The van der Waals surface area contributed by atoms with E-state index in [0.717, 1.165) is 0 Å². The first-order valence-electron chi connectivity index (χ1n) is 9.62. The number of benzene rings is 2. The lowest BCUT2D eigenvalue weighted by atomic mass is 9.94. The van der Waals surface area contributed by atoms with E-state index < -0.39 is 23.5 Å². The third-order valence-corrected chi connectivity index (χ3v) is 5.29. The molecule has 7 heteroatoms. The van der Waals surface area contributed by atoms with E-state index in [9.17, 15) is 19.1 Å². The van der Waals surface area contributed by atoms with Crippen molar-refractivity contribution in [1.29, 1.82) is 0 Å². The molecule has 2 aromatic carbocycles. The number of halogens is 1. The minimum atomic E-state index is -0.870. The highest BCUT2D eigenvalue weighted by atomic mass is 19.1. The summed E-state index contributed by atoms with van der Waals surface area (Å²) < 4.78 is 24.4. The summed E-state index contributed by atoms with van der Waals surface area (Å²) in [6.45, 7) is 1.60. The van der Waals surface area contributed by atoms with E-state index >= 15 is 0 Å². The Labute approximate surface area is 178 Å². The first kappa shape index (κ1) is 20.4. The quantitative estimate of drug-likeness (QED) is 0.376. The van der Waals surface area contributed by atoms with Crippen LogP contribution in [0.15, 0.2) is 70.9 Å². The monoisotopic (exact) mass is 421 g/mol. The minimum absolute atomic E-state index is 0.0404. The van der Waals surface area contributed by atoms with Crippen molar-refractivity contribution >= 4 is 17.4 Å². The molecule has 2 heterocycles. The molecule has 1 N–H and O–H groups in total. The fourth-order valence-corrected chi connectivity index (χ4v) is 3.72. The zero-order valence-electron chi connectivity index (χ0n) is 17.0. The molecule has 3 aromatic rings. The number of rotatable bonds is 5. The van der Waals surface area contributed by atoms with E-state index in [1.165, 1.54) is 36.5 Å². The van der Waals surface area contributed by atoms with Crippen molar-refractivity contribution in [2.45, 2.75) is 19.5 Å². The Morgan fingerprint density at radius 2 is 1.97 bits per heavy atom. The zero-order chi connectivity index (χ0) is 22.1. The predicted molar refractivity (Wildman–Crippen MR) is 111 cm³/mol. The van der Waals surface area contributed by atoms with Crippen LogP contribution in [0.25, 0.3) is 5.76 Å². The molecule has 4 rings (SSSR count). The fourth-order valence-electron chi connectivity index (χ4n) is 3.72. The van der Waals surface area contributed by atoms with Gasteiger partial charge in [0.25, 0.3) is 11.7 Å². The first-order chi connectivity index (χ1) is 14.9. The van der Waals surface area contributed by atoms with Gasteiger partial charge in [-0.2, -0.15) is 0 Å². The molecule has 1 aliphatic rings. The van der Waals surface area contributed by atoms with Gasteiger partial charge in [0, 0.05) is 5.56 Å². The van der Waals surface area contributed by atoms with Crippen LogP contribution in [0.5, 0.6) is 5.75 Å². The molecule has 0 radical (unpaired) electrons. The highest BCUT2D eigenvalue weighted by molar-refractivity contribution is 6.46. The second-order valence-corrected chi connectivity index (χ2v) is 7.25. The average Bonchev–Trinajstić information content (AvgIpc) is 3.37. The summed E-state index contributed by atoms with van der Waals surface area (Å²) in [6.07, 6.45) is 1.48. The Morgan fingerprint density at radius 1 is 1.16 bits per heavy atom. The Balaban J connectivity index is 1.89. The van der Waals surface area contributed by atoms with Gasteiger partial charge in [-0.1, -0.05) is 12.1 Å². The van der Waals surface area contributed by atoms with Crippen molar-refractivity contribution in [1.82, 2.24) is 4.90 Å². The number of hydrogen-bond acceptors (Lipinski definition) is 5. The molecular formula is C24H20FNO5. The first-order valence-corrected chi connectivity index (χ1v) is 9.62. The molecular weight excluding hydrogens is 401 g/mol. The molecule has 1 amide bonds. The van der Waals surface area contributed by atoms with E-state index in [1.807, 2.05) is 0 Å². The van der Waals surface area contributed by atoms with Crippen LogP contribution in [0.2, 0.25) is 0 Å². The van der Waals surface area contributed by atoms with E-state index in [0.29, 0.717) is 22.6 Å². The van der Waals surface area contributed by atoms with Crippen LogP contribution in [0.3, 0.4) is 0 Å². The number of ketones is 1. The summed E-state index contributed by atoms with van der Waals surface area (Å²) in [6, 6.07) is 13.5. The number of carbonyl (C=O) groups excluding carboxylic acids is 2. The van der Waals surface area contributed by atoms with E-state index in [-0.39, 0.29) is 23.4 Å². The number of nitrogens with zero attached hydrogens (tertiary/aromatic N) is 1. The molecule has 1 aliphatic heterocycles. The average molecular weight is 421 g/mol. The molecule has 0 saturated carbocycles. The highest BCUT2D eigenvalue weighted by Crippen LogP contribution is 2.41. The number of hydrogen-bond donors (Lipinski definition) is 1. The van der Waals surface area contributed by atoms with E-state index in [2.05, 4.69) is 0 Å². The number of furan rings is 1. The van der Waals surface area contributed by atoms with Gasteiger partial charge in [0.2, 0.25) is 0 Å². The highest BCUT2D eigenvalue weighted by Gasteiger charge is 2.46. The molecule has 1 fully saturated rings. The van der Waals surface area contributed by atoms with Crippen molar-refractivity contribution in [3.63, 3.8) is 0 Å². The van der Waals surface area contributed by atoms with Gasteiger partial charge in [0.15, 0.2) is 0 Å². The van der Waals surface area contributed by atoms with Gasteiger partial charge >= 0.3 is 0 Å². The Kier molecular flexibility index (Phi) is 5.33. The fraction of sp³-hybridized carbons (Fsp3) is 0.167. The van der Waals surface area contributed by atoms with Gasteiger partial charge in [0.05, 0.1) is 31.5 Å². The summed E-state index contributed by atoms with van der Waals surface area (Å²) in [5.74, 6) is -1.34. The number of carbonyl (C=O) groups is 2. The number of likely N-dealkylation sites (tertiary alicyclic amines) is 1. The molecule has 1 saturated heterocycles. The molecule has 0 bridgehead atoms.